The van der Waals surface area contributed by atoms with Gasteiger partial charge in [0.15, 0.2) is 0 Å². The molecule has 0 aliphatic heterocycles. The molecule has 0 aliphatic rings. The normalized spacial score (nSPS) is 10.4. The van der Waals surface area contributed by atoms with Gasteiger partial charge >= 0.3 is 6.03 Å². The number of anilines is 3. The van der Waals surface area contributed by atoms with Gasteiger partial charge in [0.05, 0.1) is 19.8 Å². The van der Waals surface area contributed by atoms with Crippen LogP contribution in [0.3, 0.4) is 0 Å². The minimum Gasteiger partial charge on any atom is -0.494 e. The number of ether oxygens (including phenoxy) is 2. The van der Waals surface area contributed by atoms with Gasteiger partial charge in [0.2, 0.25) is 0 Å². The van der Waals surface area contributed by atoms with Crippen molar-refractivity contribution in [2.24, 2.45) is 0 Å². The van der Waals surface area contributed by atoms with E-state index in [9.17, 15) is 4.79 Å². The van der Waals surface area contributed by atoms with Crippen molar-refractivity contribution >= 4 is 23.1 Å². The monoisotopic (exact) mass is 433 g/mol. The highest BCUT2D eigenvalue weighted by atomic mass is 16.5. The van der Waals surface area contributed by atoms with Crippen LogP contribution in [-0.4, -0.2) is 33.3 Å². The van der Waals surface area contributed by atoms with E-state index in [0.717, 1.165) is 28.4 Å². The Labute approximate surface area is 190 Å². The van der Waals surface area contributed by atoms with Crippen molar-refractivity contribution in [3.8, 4) is 11.5 Å². The van der Waals surface area contributed by atoms with Crippen LogP contribution in [0.2, 0.25) is 0 Å². The lowest BCUT2D eigenvalue weighted by Crippen LogP contribution is -2.34. The molecule has 0 bridgehead atoms. The standard InChI is InChI=1S/C26H31N3O3/c1-5-31-24-15-9-21(10-16-24)27-26(30)29(23-13-17-25(18-14-23)32-6-2)19-20-7-11-22(12-8-20)28(3)4/h7-18H,5-6,19H2,1-4H3,(H,27,30). The summed E-state index contributed by atoms with van der Waals surface area (Å²) in [5, 5.41) is 2.99. The maximum absolute atomic E-state index is 13.3. The summed E-state index contributed by atoms with van der Waals surface area (Å²) in [4.78, 5) is 17.0. The van der Waals surface area contributed by atoms with Gasteiger partial charge < -0.3 is 19.7 Å². The molecule has 6 heteroatoms. The molecule has 3 aromatic rings. The van der Waals surface area contributed by atoms with Gasteiger partial charge in [-0.1, -0.05) is 12.1 Å². The van der Waals surface area contributed by atoms with E-state index >= 15 is 0 Å². The molecule has 168 valence electrons. The molecule has 3 rings (SSSR count). The van der Waals surface area contributed by atoms with E-state index in [1.165, 1.54) is 0 Å². The quantitative estimate of drug-likeness (QED) is 0.464. The molecule has 0 atom stereocenters. The molecule has 32 heavy (non-hydrogen) atoms. The maximum Gasteiger partial charge on any atom is 0.326 e. The summed E-state index contributed by atoms with van der Waals surface area (Å²) in [5.74, 6) is 1.55. The molecule has 0 heterocycles. The molecule has 3 aromatic carbocycles. The lowest BCUT2D eigenvalue weighted by molar-refractivity contribution is 0.256. The summed E-state index contributed by atoms with van der Waals surface area (Å²) < 4.78 is 11.0. The first-order valence-electron chi connectivity index (χ1n) is 10.8. The molecule has 0 aromatic heterocycles. The Morgan fingerprint density at radius 2 is 1.25 bits per heavy atom. The summed E-state index contributed by atoms with van der Waals surface area (Å²) >= 11 is 0. The number of carbonyl (C=O) groups is 1. The molecular formula is C26H31N3O3. The Morgan fingerprint density at radius 3 is 1.75 bits per heavy atom. The zero-order chi connectivity index (χ0) is 22.9. The average Bonchev–Trinajstić information content (AvgIpc) is 2.80. The second-order valence-electron chi connectivity index (χ2n) is 7.46. The molecule has 0 saturated carbocycles. The highest BCUT2D eigenvalue weighted by Crippen LogP contribution is 2.24. The molecule has 0 fully saturated rings. The van der Waals surface area contributed by atoms with Crippen molar-refractivity contribution < 1.29 is 14.3 Å². The molecule has 0 aliphatic carbocycles. The molecule has 0 spiro atoms. The van der Waals surface area contributed by atoms with Gasteiger partial charge in [-0.3, -0.25) is 4.90 Å². The lowest BCUT2D eigenvalue weighted by Gasteiger charge is -2.24. The number of nitrogens with zero attached hydrogens (tertiary/aromatic N) is 2. The van der Waals surface area contributed by atoms with Crippen molar-refractivity contribution in [3.05, 3.63) is 78.4 Å². The van der Waals surface area contributed by atoms with Crippen LogP contribution in [0.1, 0.15) is 19.4 Å². The fraction of sp³-hybridized carbons (Fsp3) is 0.269. The number of carbonyl (C=O) groups excluding carboxylic acids is 1. The van der Waals surface area contributed by atoms with Crippen LogP contribution in [-0.2, 0) is 6.54 Å². The SMILES string of the molecule is CCOc1ccc(NC(=O)N(Cc2ccc(N(C)C)cc2)c2ccc(OCC)cc2)cc1. The molecule has 1 N–H and O–H groups in total. The number of hydrogen-bond acceptors (Lipinski definition) is 4. The van der Waals surface area contributed by atoms with Crippen LogP contribution >= 0.6 is 0 Å². The summed E-state index contributed by atoms with van der Waals surface area (Å²) in [7, 11) is 4.01. The Bertz CT molecular complexity index is 984. The fourth-order valence-corrected chi connectivity index (χ4v) is 3.24. The zero-order valence-corrected chi connectivity index (χ0v) is 19.2. The van der Waals surface area contributed by atoms with E-state index in [0.29, 0.717) is 25.4 Å². The zero-order valence-electron chi connectivity index (χ0n) is 19.2. The van der Waals surface area contributed by atoms with Gasteiger partial charge in [0, 0.05) is 31.2 Å². The largest absolute Gasteiger partial charge is 0.494 e. The van der Waals surface area contributed by atoms with E-state index in [-0.39, 0.29) is 6.03 Å². The third-order valence-corrected chi connectivity index (χ3v) is 4.91. The molecule has 2 amide bonds. The number of nitrogens with one attached hydrogen (secondary N) is 1. The lowest BCUT2D eigenvalue weighted by atomic mass is 10.1. The smallest absolute Gasteiger partial charge is 0.326 e. The maximum atomic E-state index is 13.3. The number of rotatable bonds is 9. The first-order valence-corrected chi connectivity index (χ1v) is 10.8. The van der Waals surface area contributed by atoms with Crippen molar-refractivity contribution in [1.29, 1.82) is 0 Å². The molecular weight excluding hydrogens is 402 g/mol. The topological polar surface area (TPSA) is 54.0 Å². The first-order chi connectivity index (χ1) is 15.5. The van der Waals surface area contributed by atoms with Gasteiger partial charge in [-0.15, -0.1) is 0 Å². The van der Waals surface area contributed by atoms with Crippen LogP contribution in [0, 0.1) is 0 Å². The van der Waals surface area contributed by atoms with E-state index < -0.39 is 0 Å². The van der Waals surface area contributed by atoms with Crippen molar-refractivity contribution in [3.63, 3.8) is 0 Å². The van der Waals surface area contributed by atoms with E-state index in [2.05, 4.69) is 17.4 Å². The number of hydrogen-bond donors (Lipinski definition) is 1. The Balaban J connectivity index is 1.82. The Hall–Kier alpha value is -3.67. The number of amides is 2. The second-order valence-corrected chi connectivity index (χ2v) is 7.46. The van der Waals surface area contributed by atoms with E-state index in [1.54, 1.807) is 4.90 Å². The van der Waals surface area contributed by atoms with Crippen LogP contribution in [0.15, 0.2) is 72.8 Å². The highest BCUT2D eigenvalue weighted by Gasteiger charge is 2.17. The summed E-state index contributed by atoms with van der Waals surface area (Å²) in [6, 6.07) is 22.9. The molecule has 0 saturated heterocycles. The molecule has 6 nitrogen and oxygen atoms in total. The van der Waals surface area contributed by atoms with Gasteiger partial charge in [0.1, 0.15) is 11.5 Å². The fourth-order valence-electron chi connectivity index (χ4n) is 3.24. The van der Waals surface area contributed by atoms with Crippen molar-refractivity contribution in [1.82, 2.24) is 0 Å². The first kappa shape index (κ1) is 23.0. The van der Waals surface area contributed by atoms with Crippen LogP contribution in [0.25, 0.3) is 0 Å². The van der Waals surface area contributed by atoms with Gasteiger partial charge in [-0.25, -0.2) is 4.79 Å². The van der Waals surface area contributed by atoms with E-state index in [1.807, 2.05) is 93.5 Å². The summed E-state index contributed by atoms with van der Waals surface area (Å²) in [6.45, 7) is 5.52. The Kier molecular flexibility index (Phi) is 7.97. The number of urea groups is 1. The van der Waals surface area contributed by atoms with Crippen LogP contribution in [0.5, 0.6) is 11.5 Å². The predicted octanol–water partition coefficient (Wildman–Crippen LogP) is 5.79. The number of benzene rings is 3. The highest BCUT2D eigenvalue weighted by molar-refractivity contribution is 6.01. The second kappa shape index (κ2) is 11.1. The van der Waals surface area contributed by atoms with Crippen LogP contribution < -0.4 is 24.6 Å². The van der Waals surface area contributed by atoms with Gasteiger partial charge in [0.25, 0.3) is 0 Å². The van der Waals surface area contributed by atoms with Crippen molar-refractivity contribution in [2.75, 3.05) is 42.4 Å². The van der Waals surface area contributed by atoms with E-state index in [4.69, 9.17) is 9.47 Å². The van der Waals surface area contributed by atoms with Gasteiger partial charge in [-0.05, 0) is 80.1 Å². The minimum atomic E-state index is -0.213. The summed E-state index contributed by atoms with van der Waals surface area (Å²) in [6.07, 6.45) is 0. The van der Waals surface area contributed by atoms with Crippen molar-refractivity contribution in [2.45, 2.75) is 20.4 Å². The average molecular weight is 434 g/mol. The van der Waals surface area contributed by atoms with Crippen LogP contribution in [0.4, 0.5) is 21.9 Å². The third kappa shape index (κ3) is 6.17. The summed E-state index contributed by atoms with van der Waals surface area (Å²) in [5.41, 5.74) is 3.64. The Morgan fingerprint density at radius 1 is 0.750 bits per heavy atom. The minimum absolute atomic E-state index is 0.213. The molecule has 0 unspecified atom stereocenters. The molecule has 0 radical (unpaired) electrons. The van der Waals surface area contributed by atoms with Gasteiger partial charge in [-0.2, -0.15) is 0 Å². The predicted molar refractivity (Wildman–Crippen MR) is 131 cm³/mol. The third-order valence-electron chi connectivity index (χ3n) is 4.91.